The van der Waals surface area contributed by atoms with Crippen LogP contribution in [0.4, 0.5) is 17.6 Å². The number of ether oxygens (including phenoxy) is 1. The van der Waals surface area contributed by atoms with Gasteiger partial charge in [-0.3, -0.25) is 4.57 Å². The molecule has 11 nitrogen and oxygen atoms in total. The molecular weight excluding hydrogens is 526 g/mol. The van der Waals surface area contributed by atoms with Crippen LogP contribution in [0, 0.1) is 5.82 Å². The number of benzene rings is 1. The van der Waals surface area contributed by atoms with Crippen molar-refractivity contribution >= 4 is 17.6 Å². The molecule has 194 valence electrons. The molecule has 3 heterocycles. The summed E-state index contributed by atoms with van der Waals surface area (Å²) in [5.41, 5.74) is -0.799. The van der Waals surface area contributed by atoms with Gasteiger partial charge in [-0.25, -0.2) is 28.6 Å². The average molecular weight is 542 g/mol. The van der Waals surface area contributed by atoms with Crippen LogP contribution in [-0.4, -0.2) is 64.6 Å². The van der Waals surface area contributed by atoms with Gasteiger partial charge in [0.2, 0.25) is 5.82 Å². The van der Waals surface area contributed by atoms with E-state index >= 15 is 0 Å². The third-order valence-electron chi connectivity index (χ3n) is 5.01. The largest absolute Gasteiger partial charge is 0.463 e. The van der Waals surface area contributed by atoms with Crippen molar-refractivity contribution in [1.82, 2.24) is 34.1 Å². The van der Waals surface area contributed by atoms with E-state index in [1.54, 1.807) is 0 Å². The summed E-state index contributed by atoms with van der Waals surface area (Å²) in [5.74, 6) is -3.10. The first-order valence-electron chi connectivity index (χ1n) is 10.3. The van der Waals surface area contributed by atoms with Crippen molar-refractivity contribution in [2.75, 3.05) is 7.11 Å². The predicted molar refractivity (Wildman–Crippen MR) is 119 cm³/mol. The highest BCUT2D eigenvalue weighted by Gasteiger charge is 2.39. The predicted octanol–water partition coefficient (Wildman–Crippen LogP) is 2.24. The summed E-state index contributed by atoms with van der Waals surface area (Å²) in [4.78, 5) is 33.0. The quantitative estimate of drug-likeness (QED) is 0.278. The first-order chi connectivity index (χ1) is 17.5. The molecule has 1 aromatic carbocycles. The number of carbonyl (C=O) groups is 1. The summed E-state index contributed by atoms with van der Waals surface area (Å²) in [7, 11) is 1.06. The van der Waals surface area contributed by atoms with Crippen LogP contribution in [0.3, 0.4) is 0 Å². The summed E-state index contributed by atoms with van der Waals surface area (Å²) < 4.78 is 60.2. The normalized spacial score (nSPS) is 12.5. The maximum absolute atomic E-state index is 14.3. The van der Waals surface area contributed by atoms with Gasteiger partial charge in [-0.15, -0.1) is 10.2 Å². The molecule has 0 amide bonds. The van der Waals surface area contributed by atoms with Crippen LogP contribution in [0.2, 0.25) is 5.02 Å². The molecule has 0 radical (unpaired) electrons. The van der Waals surface area contributed by atoms with Crippen LogP contribution >= 0.6 is 11.6 Å². The fourth-order valence-corrected chi connectivity index (χ4v) is 3.38. The number of rotatable bonds is 7. The van der Waals surface area contributed by atoms with Gasteiger partial charge in [0, 0.05) is 16.8 Å². The minimum absolute atomic E-state index is 0.201. The van der Waals surface area contributed by atoms with Crippen LogP contribution in [0.1, 0.15) is 16.4 Å². The third kappa shape index (κ3) is 5.36. The van der Waals surface area contributed by atoms with Crippen molar-refractivity contribution in [2.45, 2.75) is 25.4 Å². The molecule has 37 heavy (non-hydrogen) atoms. The number of methoxy groups -OCH3 is 1. The Morgan fingerprint density at radius 3 is 2.51 bits per heavy atom. The summed E-state index contributed by atoms with van der Waals surface area (Å²) in [6.45, 7) is -1.67. The second-order valence-electron chi connectivity index (χ2n) is 7.50. The summed E-state index contributed by atoms with van der Waals surface area (Å²) in [6, 6.07) is 8.13. The molecule has 1 atom stereocenters. The molecule has 3 aromatic heterocycles. The number of esters is 1. The lowest BCUT2D eigenvalue weighted by Gasteiger charge is -2.15. The van der Waals surface area contributed by atoms with E-state index in [0.717, 1.165) is 22.5 Å². The van der Waals surface area contributed by atoms with E-state index in [0.29, 0.717) is 9.59 Å². The van der Waals surface area contributed by atoms with E-state index in [4.69, 9.17) is 11.6 Å². The Morgan fingerprint density at radius 1 is 1.19 bits per heavy atom. The average Bonchev–Trinajstić information content (AvgIpc) is 3.40. The molecule has 0 spiro atoms. The highest BCUT2D eigenvalue weighted by Crippen LogP contribution is 2.24. The maximum atomic E-state index is 14.3. The van der Waals surface area contributed by atoms with E-state index in [-0.39, 0.29) is 23.0 Å². The number of pyridine rings is 1. The highest BCUT2D eigenvalue weighted by atomic mass is 35.5. The third-order valence-corrected chi connectivity index (χ3v) is 5.26. The fourth-order valence-electron chi connectivity index (χ4n) is 3.26. The molecule has 0 saturated heterocycles. The van der Waals surface area contributed by atoms with E-state index in [2.05, 4.69) is 24.9 Å². The van der Waals surface area contributed by atoms with Crippen LogP contribution in [0.15, 0.2) is 47.4 Å². The van der Waals surface area contributed by atoms with Crippen molar-refractivity contribution in [3.05, 3.63) is 75.6 Å². The van der Waals surface area contributed by atoms with Crippen LogP contribution in [-0.2, 0) is 17.8 Å². The minimum Gasteiger partial charge on any atom is -0.463 e. The first kappa shape index (κ1) is 26.0. The molecule has 0 aliphatic rings. The van der Waals surface area contributed by atoms with Crippen molar-refractivity contribution in [3.8, 4) is 17.2 Å². The number of nitrogens with zero attached hydrogens (tertiary/aromatic N) is 7. The van der Waals surface area contributed by atoms with Crippen molar-refractivity contribution in [2.24, 2.45) is 0 Å². The zero-order chi connectivity index (χ0) is 26.9. The van der Waals surface area contributed by atoms with E-state index in [1.165, 1.54) is 36.5 Å². The van der Waals surface area contributed by atoms with Crippen LogP contribution in [0.25, 0.3) is 17.2 Å². The van der Waals surface area contributed by atoms with Gasteiger partial charge in [0.25, 0.3) is 0 Å². The Bertz CT molecular complexity index is 1500. The number of hydrogen-bond acceptors (Lipinski definition) is 8. The van der Waals surface area contributed by atoms with Crippen LogP contribution in [0.5, 0.6) is 0 Å². The molecule has 0 aliphatic heterocycles. The molecule has 1 unspecified atom stereocenters. The lowest BCUT2D eigenvalue weighted by atomic mass is 10.2. The smallest absolute Gasteiger partial charge is 0.416 e. The molecular formula is C21H16ClF4N7O4. The summed E-state index contributed by atoms with van der Waals surface area (Å²) >= 11 is 5.87. The van der Waals surface area contributed by atoms with E-state index in [1.807, 2.05) is 0 Å². The number of aromatic nitrogens is 7. The van der Waals surface area contributed by atoms with Gasteiger partial charge >= 0.3 is 17.8 Å². The number of aliphatic hydroxyl groups excluding tert-OH is 1. The molecule has 1 N–H and O–H groups in total. The van der Waals surface area contributed by atoms with Crippen LogP contribution < -0.4 is 5.69 Å². The van der Waals surface area contributed by atoms with Gasteiger partial charge in [-0.1, -0.05) is 11.6 Å². The van der Waals surface area contributed by atoms with Gasteiger partial charge in [0.15, 0.2) is 29.4 Å². The SMILES string of the molecule is COC(=O)c1nc(Cn2nc(-c3ccc(Cl)cc3)n(CC(O)C(F)(F)F)c2=O)nn1-c1ncccc1F. The number of hydrogen-bond donors (Lipinski definition) is 1. The fraction of sp³-hybridized carbons (Fsp3) is 0.238. The Hall–Kier alpha value is -4.11. The summed E-state index contributed by atoms with van der Waals surface area (Å²) in [6.07, 6.45) is -6.61. The van der Waals surface area contributed by atoms with Gasteiger partial charge in [0.05, 0.1) is 13.7 Å². The summed E-state index contributed by atoms with van der Waals surface area (Å²) in [5, 5.41) is 18.0. The lowest BCUT2D eigenvalue weighted by molar-refractivity contribution is -0.207. The zero-order valence-corrected chi connectivity index (χ0v) is 19.5. The first-order valence-corrected chi connectivity index (χ1v) is 10.7. The molecule has 0 aliphatic carbocycles. The van der Waals surface area contributed by atoms with E-state index < -0.39 is 48.7 Å². The lowest BCUT2D eigenvalue weighted by Crippen LogP contribution is -2.37. The topological polar surface area (TPSA) is 130 Å². The molecule has 0 saturated carbocycles. The van der Waals surface area contributed by atoms with Gasteiger partial charge in [-0.2, -0.15) is 17.9 Å². The van der Waals surface area contributed by atoms with Crippen molar-refractivity contribution < 1.29 is 32.2 Å². The van der Waals surface area contributed by atoms with Gasteiger partial charge < -0.3 is 9.84 Å². The molecule has 16 heteroatoms. The number of aliphatic hydroxyl groups is 1. The Balaban J connectivity index is 1.79. The Kier molecular flexibility index (Phi) is 7.09. The van der Waals surface area contributed by atoms with E-state index in [9.17, 15) is 32.3 Å². The minimum atomic E-state index is -5.00. The number of halogens is 5. The molecule has 0 bridgehead atoms. The molecule has 4 aromatic rings. The molecule has 4 rings (SSSR count). The van der Waals surface area contributed by atoms with Crippen molar-refractivity contribution in [3.63, 3.8) is 0 Å². The zero-order valence-electron chi connectivity index (χ0n) is 18.7. The molecule has 0 fully saturated rings. The standard InChI is InChI=1S/C21H16ClF4N7O4/c1-37-19(35)18-28-15(29-33(18)17-13(23)3-2-8-27-17)10-32-20(36)31(9-14(34)21(24,25)26)16(30-32)11-4-6-12(22)7-5-11/h2-8,14,34H,9-10H2,1H3. The van der Waals surface area contributed by atoms with Gasteiger partial charge in [-0.05, 0) is 36.4 Å². The second kappa shape index (κ2) is 10.1. The Labute approximate surface area is 209 Å². The Morgan fingerprint density at radius 2 is 1.89 bits per heavy atom. The highest BCUT2D eigenvalue weighted by molar-refractivity contribution is 6.30. The number of alkyl halides is 3. The van der Waals surface area contributed by atoms with Crippen molar-refractivity contribution in [1.29, 1.82) is 0 Å². The van der Waals surface area contributed by atoms with Gasteiger partial charge in [0.1, 0.15) is 6.54 Å². The maximum Gasteiger partial charge on any atom is 0.416 e. The second-order valence-corrected chi connectivity index (χ2v) is 7.94. The monoisotopic (exact) mass is 541 g/mol. The number of carbonyl (C=O) groups excluding carboxylic acids is 1.